The van der Waals surface area contributed by atoms with Gasteiger partial charge in [-0.05, 0) is 48.7 Å². The SMILES string of the molecule is CCCOc1cccc(C2/C(=C(/O)c3ccc(Cl)c(OC)c3)C(=O)C(=O)N2CCC)c1. The van der Waals surface area contributed by atoms with E-state index in [0.29, 0.717) is 47.2 Å². The van der Waals surface area contributed by atoms with Crippen LogP contribution in [0.15, 0.2) is 48.0 Å². The summed E-state index contributed by atoms with van der Waals surface area (Å²) < 4.78 is 11.0. The number of Topliss-reactive ketones (excluding diaryl/α,β-unsaturated/α-hetero) is 1. The molecule has 3 rings (SSSR count). The molecule has 0 aromatic heterocycles. The zero-order valence-electron chi connectivity index (χ0n) is 17.9. The van der Waals surface area contributed by atoms with E-state index in [4.69, 9.17) is 21.1 Å². The van der Waals surface area contributed by atoms with Gasteiger partial charge in [0, 0.05) is 12.1 Å². The maximum Gasteiger partial charge on any atom is 0.295 e. The minimum absolute atomic E-state index is 0.0375. The Hall–Kier alpha value is -2.99. The molecule has 1 aliphatic heterocycles. The zero-order valence-corrected chi connectivity index (χ0v) is 18.6. The molecule has 2 aromatic rings. The number of likely N-dealkylation sites (tertiary alicyclic amines) is 1. The highest BCUT2D eigenvalue weighted by Gasteiger charge is 2.45. The van der Waals surface area contributed by atoms with E-state index in [0.717, 1.165) is 6.42 Å². The lowest BCUT2D eigenvalue weighted by atomic mass is 9.95. The van der Waals surface area contributed by atoms with E-state index in [9.17, 15) is 14.7 Å². The highest BCUT2D eigenvalue weighted by atomic mass is 35.5. The van der Waals surface area contributed by atoms with E-state index in [-0.39, 0.29) is 11.3 Å². The molecule has 1 N–H and O–H groups in total. The second-order valence-electron chi connectivity index (χ2n) is 7.26. The Labute approximate surface area is 187 Å². The highest BCUT2D eigenvalue weighted by Crippen LogP contribution is 2.41. The van der Waals surface area contributed by atoms with Crippen LogP contribution >= 0.6 is 11.6 Å². The number of rotatable bonds is 8. The van der Waals surface area contributed by atoms with Gasteiger partial charge in [0.2, 0.25) is 0 Å². The first-order valence-corrected chi connectivity index (χ1v) is 10.7. The van der Waals surface area contributed by atoms with Crippen molar-refractivity contribution in [2.75, 3.05) is 20.3 Å². The number of hydrogen-bond acceptors (Lipinski definition) is 5. The van der Waals surface area contributed by atoms with Crippen LogP contribution in [0.2, 0.25) is 5.02 Å². The molecule has 31 heavy (non-hydrogen) atoms. The van der Waals surface area contributed by atoms with E-state index in [1.54, 1.807) is 18.2 Å². The molecule has 0 radical (unpaired) electrons. The third-order valence-electron chi connectivity index (χ3n) is 5.08. The standard InChI is InChI=1S/C24H26ClNO5/c1-4-11-26-21(15-7-6-8-17(13-15)31-12-5-2)20(23(28)24(26)29)22(27)16-9-10-18(25)19(14-16)30-3/h6-10,13-14,21,27H,4-5,11-12H2,1-3H3/b22-20-. The number of benzene rings is 2. The van der Waals surface area contributed by atoms with Gasteiger partial charge >= 0.3 is 0 Å². The summed E-state index contributed by atoms with van der Waals surface area (Å²) >= 11 is 6.09. The van der Waals surface area contributed by atoms with Crippen LogP contribution in [0.4, 0.5) is 0 Å². The Bertz CT molecular complexity index is 1020. The minimum atomic E-state index is -0.718. The van der Waals surface area contributed by atoms with Crippen LogP contribution in [0.1, 0.15) is 43.9 Å². The topological polar surface area (TPSA) is 76.1 Å². The smallest absolute Gasteiger partial charge is 0.295 e. The lowest BCUT2D eigenvalue weighted by molar-refractivity contribution is -0.139. The highest BCUT2D eigenvalue weighted by molar-refractivity contribution is 6.46. The summed E-state index contributed by atoms with van der Waals surface area (Å²) in [5.74, 6) is -0.606. The quantitative estimate of drug-likeness (QED) is 0.354. The van der Waals surface area contributed by atoms with Gasteiger partial charge in [-0.2, -0.15) is 0 Å². The van der Waals surface area contributed by atoms with Crippen molar-refractivity contribution in [3.05, 3.63) is 64.2 Å². The second kappa shape index (κ2) is 9.88. The first-order valence-electron chi connectivity index (χ1n) is 10.3. The van der Waals surface area contributed by atoms with E-state index < -0.39 is 17.7 Å². The Morgan fingerprint density at radius 3 is 2.58 bits per heavy atom. The van der Waals surface area contributed by atoms with Gasteiger partial charge in [0.15, 0.2) is 0 Å². The Morgan fingerprint density at radius 1 is 1.13 bits per heavy atom. The number of carbonyl (C=O) groups is 2. The van der Waals surface area contributed by atoms with Gasteiger partial charge in [-0.15, -0.1) is 0 Å². The number of methoxy groups -OCH3 is 1. The van der Waals surface area contributed by atoms with E-state index in [2.05, 4.69) is 0 Å². The Morgan fingerprint density at radius 2 is 1.90 bits per heavy atom. The molecule has 1 saturated heterocycles. The van der Waals surface area contributed by atoms with Gasteiger partial charge in [0.1, 0.15) is 17.3 Å². The molecule has 1 heterocycles. The van der Waals surface area contributed by atoms with E-state index in [1.165, 1.54) is 12.0 Å². The number of ether oxygens (including phenoxy) is 2. The summed E-state index contributed by atoms with van der Waals surface area (Å²) in [4.78, 5) is 27.3. The molecule has 1 fully saturated rings. The predicted octanol–water partition coefficient (Wildman–Crippen LogP) is 4.97. The third kappa shape index (κ3) is 4.54. The van der Waals surface area contributed by atoms with E-state index in [1.807, 2.05) is 38.1 Å². The minimum Gasteiger partial charge on any atom is -0.507 e. The first kappa shape index (κ1) is 22.7. The van der Waals surface area contributed by atoms with Crippen LogP contribution in [0.5, 0.6) is 11.5 Å². The molecule has 1 unspecified atom stereocenters. The van der Waals surface area contributed by atoms with Crippen molar-refractivity contribution >= 4 is 29.1 Å². The van der Waals surface area contributed by atoms with Crippen molar-refractivity contribution < 1.29 is 24.2 Å². The molecule has 1 amide bonds. The number of halogens is 1. The summed E-state index contributed by atoms with van der Waals surface area (Å²) in [7, 11) is 1.47. The molecule has 164 valence electrons. The average Bonchev–Trinajstić information content (AvgIpc) is 3.03. The number of nitrogens with zero attached hydrogens (tertiary/aromatic N) is 1. The van der Waals surface area contributed by atoms with Gasteiger partial charge in [-0.1, -0.05) is 37.6 Å². The lowest BCUT2D eigenvalue weighted by Gasteiger charge is -2.25. The van der Waals surface area contributed by atoms with Crippen molar-refractivity contribution in [2.45, 2.75) is 32.7 Å². The maximum atomic E-state index is 13.0. The average molecular weight is 444 g/mol. The second-order valence-corrected chi connectivity index (χ2v) is 7.67. The summed E-state index contributed by atoms with van der Waals surface area (Å²) in [5.41, 5.74) is 1.08. The van der Waals surface area contributed by atoms with Gasteiger partial charge < -0.3 is 19.5 Å². The first-order chi connectivity index (χ1) is 14.9. The number of ketones is 1. The van der Waals surface area contributed by atoms with Crippen molar-refractivity contribution in [1.82, 2.24) is 4.90 Å². The molecule has 1 atom stereocenters. The van der Waals surface area contributed by atoms with Crippen LogP contribution in [0.25, 0.3) is 5.76 Å². The Kier molecular flexibility index (Phi) is 7.23. The van der Waals surface area contributed by atoms with Gasteiger partial charge in [0.25, 0.3) is 11.7 Å². The largest absolute Gasteiger partial charge is 0.507 e. The number of amides is 1. The van der Waals surface area contributed by atoms with Gasteiger partial charge in [-0.3, -0.25) is 9.59 Å². The Balaban J connectivity index is 2.15. The maximum absolute atomic E-state index is 13.0. The fraction of sp³-hybridized carbons (Fsp3) is 0.333. The van der Waals surface area contributed by atoms with Crippen LogP contribution < -0.4 is 9.47 Å². The van der Waals surface area contributed by atoms with Crippen LogP contribution in [-0.4, -0.2) is 42.0 Å². The fourth-order valence-electron chi connectivity index (χ4n) is 3.66. The molecule has 0 saturated carbocycles. The predicted molar refractivity (Wildman–Crippen MR) is 120 cm³/mol. The molecule has 7 heteroatoms. The molecule has 1 aliphatic rings. The zero-order chi connectivity index (χ0) is 22.5. The van der Waals surface area contributed by atoms with Crippen LogP contribution in [0.3, 0.4) is 0 Å². The molecule has 0 bridgehead atoms. The summed E-state index contributed by atoms with van der Waals surface area (Å²) in [6.45, 7) is 4.89. The lowest BCUT2D eigenvalue weighted by Crippen LogP contribution is -2.30. The number of aliphatic hydroxyl groups excluding tert-OH is 1. The third-order valence-corrected chi connectivity index (χ3v) is 5.39. The molecule has 0 aliphatic carbocycles. The molecule has 6 nitrogen and oxygen atoms in total. The summed E-state index contributed by atoms with van der Waals surface area (Å²) in [5, 5.41) is 11.5. The number of aliphatic hydroxyl groups is 1. The van der Waals surface area contributed by atoms with E-state index >= 15 is 0 Å². The van der Waals surface area contributed by atoms with Gasteiger partial charge in [0.05, 0.1) is 30.4 Å². The summed E-state index contributed by atoms with van der Waals surface area (Å²) in [6, 6.07) is 11.3. The van der Waals surface area contributed by atoms with Crippen molar-refractivity contribution in [2.24, 2.45) is 0 Å². The molecular formula is C24H26ClNO5. The molecular weight excluding hydrogens is 418 g/mol. The van der Waals surface area contributed by atoms with Crippen molar-refractivity contribution in [1.29, 1.82) is 0 Å². The summed E-state index contributed by atoms with van der Waals surface area (Å²) in [6.07, 6.45) is 1.53. The normalized spacial score (nSPS) is 17.8. The van der Waals surface area contributed by atoms with Crippen molar-refractivity contribution in [3.63, 3.8) is 0 Å². The molecule has 0 spiro atoms. The number of hydrogen-bond donors (Lipinski definition) is 1. The number of carbonyl (C=O) groups excluding carboxylic acids is 2. The van der Waals surface area contributed by atoms with Crippen molar-refractivity contribution in [3.8, 4) is 11.5 Å². The van der Waals surface area contributed by atoms with Crippen LogP contribution in [0, 0.1) is 0 Å². The fourth-order valence-corrected chi connectivity index (χ4v) is 3.85. The van der Waals surface area contributed by atoms with Gasteiger partial charge in [-0.25, -0.2) is 0 Å². The van der Waals surface area contributed by atoms with Crippen LogP contribution in [-0.2, 0) is 9.59 Å². The monoisotopic (exact) mass is 443 g/mol. The molecule has 2 aromatic carbocycles.